The maximum atomic E-state index is 15.0. The third-order valence-electron chi connectivity index (χ3n) is 4.26. The van der Waals surface area contributed by atoms with Crippen LogP contribution < -0.4 is 0 Å². The van der Waals surface area contributed by atoms with Crippen LogP contribution in [0.5, 0.6) is 0 Å². The van der Waals surface area contributed by atoms with Crippen LogP contribution in [0, 0.1) is 0 Å². The Morgan fingerprint density at radius 2 is 0.720 bits per heavy atom. The van der Waals surface area contributed by atoms with Crippen LogP contribution in [0.4, 0.5) is 16.4 Å². The van der Waals surface area contributed by atoms with E-state index in [9.17, 15) is 0 Å². The molecule has 0 aliphatic heterocycles. The van der Waals surface area contributed by atoms with Crippen LogP contribution in [0.2, 0.25) is 16.9 Å². The quantitative estimate of drug-likeness (QED) is 0.222. The van der Waals surface area contributed by atoms with Gasteiger partial charge in [-0.05, 0) is 0 Å². The zero-order chi connectivity index (χ0) is 20.9. The van der Waals surface area contributed by atoms with Crippen LogP contribution in [0.3, 0.4) is 0 Å². The summed E-state index contributed by atoms with van der Waals surface area (Å²) < 4.78 is 69.5. The molecular formula is C16H36F4O2Si2Sn. The Morgan fingerprint density at radius 3 is 0.840 bits per heavy atom. The Balaban J connectivity index is 6.52. The van der Waals surface area contributed by atoms with Crippen molar-refractivity contribution >= 4 is 37.2 Å². The third kappa shape index (κ3) is 5.45. The molecule has 0 unspecified atom stereocenters. The van der Waals surface area contributed by atoms with Gasteiger partial charge in [-0.3, -0.25) is 0 Å². The molecule has 0 amide bonds. The molecule has 152 valence electrons. The Labute approximate surface area is 159 Å². The van der Waals surface area contributed by atoms with E-state index in [1.165, 1.54) is 41.5 Å². The standard InChI is InChI=1S/2C4H9F2OSi.2C4H9.Sn/c2*1-4(2,3)8(5,6)7;2*1-4(2)3;/h2*1-3H3;2*1-3H3;/q2*-1;;;+2. The zero-order valence-corrected chi connectivity index (χ0v) is 22.7. The molecule has 0 radical (unpaired) electrons. The van der Waals surface area contributed by atoms with Crippen molar-refractivity contribution < 1.29 is 22.0 Å². The van der Waals surface area contributed by atoms with E-state index in [0.717, 1.165) is 0 Å². The molecule has 2 nitrogen and oxygen atoms in total. The van der Waals surface area contributed by atoms with Gasteiger partial charge < -0.3 is 0 Å². The summed E-state index contributed by atoms with van der Waals surface area (Å²) in [5.74, 6) is 0. The molecule has 0 aromatic rings. The van der Waals surface area contributed by atoms with Crippen molar-refractivity contribution in [2.45, 2.75) is 100 Å². The normalized spacial score (nSPS) is 16.3. The molecule has 0 aromatic carbocycles. The summed E-state index contributed by atoms with van der Waals surface area (Å²) in [6.07, 6.45) is 0. The molecule has 0 heterocycles. The van der Waals surface area contributed by atoms with Gasteiger partial charge in [-0.25, -0.2) is 0 Å². The average molecular weight is 511 g/mol. The Morgan fingerprint density at radius 1 is 0.520 bits per heavy atom. The van der Waals surface area contributed by atoms with Crippen molar-refractivity contribution in [3.63, 3.8) is 0 Å². The fourth-order valence-corrected chi connectivity index (χ4v) is 34.6. The fourth-order valence-electron chi connectivity index (χ4n) is 2.43. The molecule has 0 fully saturated rings. The van der Waals surface area contributed by atoms with E-state index in [4.69, 9.17) is 5.53 Å². The molecule has 0 bridgehead atoms. The first-order chi connectivity index (χ1) is 10.4. The molecule has 0 aliphatic rings. The van der Waals surface area contributed by atoms with Gasteiger partial charge in [0.25, 0.3) is 0 Å². The van der Waals surface area contributed by atoms with Crippen molar-refractivity contribution in [1.29, 1.82) is 0 Å². The fraction of sp³-hybridized carbons (Fsp3) is 1.00. The Kier molecular flexibility index (Phi) is 7.29. The van der Waals surface area contributed by atoms with Gasteiger partial charge in [0.05, 0.1) is 0 Å². The molecule has 0 rings (SSSR count). The van der Waals surface area contributed by atoms with Gasteiger partial charge in [0.15, 0.2) is 0 Å². The van der Waals surface area contributed by atoms with E-state index >= 15 is 16.4 Å². The van der Waals surface area contributed by atoms with Crippen molar-refractivity contribution in [2.75, 3.05) is 0 Å². The summed E-state index contributed by atoms with van der Waals surface area (Å²) in [4.78, 5) is 0. The second-order valence-corrected chi connectivity index (χ2v) is 31.9. The van der Waals surface area contributed by atoms with Crippen molar-refractivity contribution in [1.82, 2.24) is 0 Å². The molecule has 9 heteroatoms. The number of hydrogen-bond donors (Lipinski definition) is 0. The summed E-state index contributed by atoms with van der Waals surface area (Å²) in [5.41, 5.74) is 0. The molecule has 25 heavy (non-hydrogen) atoms. The molecule has 0 aliphatic carbocycles. The first-order valence-electron chi connectivity index (χ1n) is 8.57. The minimum atomic E-state index is -5.26. The monoisotopic (exact) mass is 512 g/mol. The van der Waals surface area contributed by atoms with Crippen LogP contribution in [0.15, 0.2) is 0 Å². The number of rotatable bonds is 4. The summed E-state index contributed by atoms with van der Waals surface area (Å²) in [7, 11) is -10.5. The average Bonchev–Trinajstić information content (AvgIpc) is 2.20. The number of hydrogen-bond acceptors (Lipinski definition) is 2. The van der Waals surface area contributed by atoms with Crippen molar-refractivity contribution in [3.05, 3.63) is 0 Å². The van der Waals surface area contributed by atoms with Gasteiger partial charge in [0, 0.05) is 0 Å². The molecule has 0 atom stereocenters. The molecular weight excluding hydrogens is 475 g/mol. The Bertz CT molecular complexity index is 428. The van der Waals surface area contributed by atoms with Crippen LogP contribution in [0.25, 0.3) is 0 Å². The summed E-state index contributed by atoms with van der Waals surface area (Å²) in [6.45, 7) is 18.6. The van der Waals surface area contributed by atoms with E-state index < -0.39 is 54.1 Å². The van der Waals surface area contributed by atoms with Crippen LogP contribution in [0.1, 0.15) is 83.1 Å². The minimum absolute atomic E-state index is 0.879. The van der Waals surface area contributed by atoms with E-state index in [1.807, 2.05) is 0 Å². The third-order valence-corrected chi connectivity index (χ3v) is 29.4. The molecule has 0 N–H and O–H groups in total. The topological polar surface area (TPSA) is 18.5 Å². The van der Waals surface area contributed by atoms with E-state index in [-0.39, 0.29) is 0 Å². The summed E-state index contributed by atoms with van der Waals surface area (Å²) in [6, 6.07) is 0. The summed E-state index contributed by atoms with van der Waals surface area (Å²) in [5, 5.41) is -2.76. The Hall–Kier alpha value is 0.872. The van der Waals surface area contributed by atoms with Gasteiger partial charge in [-0.2, -0.15) is 0 Å². The van der Waals surface area contributed by atoms with Crippen molar-refractivity contribution in [3.8, 4) is 0 Å². The van der Waals surface area contributed by atoms with Gasteiger partial charge in [0.1, 0.15) is 0 Å². The zero-order valence-electron chi connectivity index (χ0n) is 17.8. The van der Waals surface area contributed by atoms with Gasteiger partial charge >= 0.3 is 159 Å². The first-order valence-corrected chi connectivity index (χ1v) is 17.1. The van der Waals surface area contributed by atoms with E-state index in [0.29, 0.717) is 0 Å². The van der Waals surface area contributed by atoms with Gasteiger partial charge in [-0.15, -0.1) is 0 Å². The summed E-state index contributed by atoms with van der Waals surface area (Å²) >= 11 is -5.06. The molecule has 0 spiro atoms. The van der Waals surface area contributed by atoms with E-state index in [2.05, 4.69) is 0 Å². The molecule has 0 saturated heterocycles. The predicted octanol–water partition coefficient (Wildman–Crippen LogP) is 7.42. The van der Waals surface area contributed by atoms with Crippen LogP contribution in [-0.2, 0) is 5.53 Å². The van der Waals surface area contributed by atoms with Gasteiger partial charge in [0.2, 0.25) is 0 Å². The van der Waals surface area contributed by atoms with Crippen molar-refractivity contribution in [2.24, 2.45) is 0 Å². The SMILES string of the molecule is CC(C)(C)[Si](F)(F)[O][Sn]([O][Si](F)(F)C(C)(C)C)([C](C)(C)C)[C](C)(C)C. The maximum absolute atomic E-state index is 15.0. The van der Waals surface area contributed by atoms with Crippen LogP contribution in [-0.4, -0.2) is 37.2 Å². The first kappa shape index (κ1) is 25.9. The molecule has 0 aromatic heterocycles. The van der Waals surface area contributed by atoms with Crippen LogP contribution >= 0.6 is 0 Å². The predicted molar refractivity (Wildman–Crippen MR) is 103 cm³/mol. The number of halogens is 4. The second-order valence-electron chi connectivity index (χ2n) is 10.9. The second kappa shape index (κ2) is 7.04. The van der Waals surface area contributed by atoms with Gasteiger partial charge in [-0.1, -0.05) is 0 Å². The van der Waals surface area contributed by atoms with E-state index in [1.54, 1.807) is 41.5 Å². The molecule has 0 saturated carbocycles.